The maximum atomic E-state index is 12.2. The lowest BCUT2D eigenvalue weighted by atomic mass is 10.1. The number of ether oxygens (including phenoxy) is 2. The third-order valence-corrected chi connectivity index (χ3v) is 4.68. The van der Waals surface area contributed by atoms with Gasteiger partial charge in [0.05, 0.1) is 12.8 Å². The number of urea groups is 1. The smallest absolute Gasteiger partial charge is 0.325 e. The third kappa shape index (κ3) is 5.43. The summed E-state index contributed by atoms with van der Waals surface area (Å²) in [6.07, 6.45) is 2.17. The number of aryl methyl sites for hydroxylation is 1. The van der Waals surface area contributed by atoms with E-state index in [9.17, 15) is 4.79 Å². The molecule has 0 aliphatic rings. The van der Waals surface area contributed by atoms with Crippen LogP contribution in [0.2, 0.25) is 0 Å². The van der Waals surface area contributed by atoms with Gasteiger partial charge in [-0.2, -0.15) is 0 Å². The van der Waals surface area contributed by atoms with Gasteiger partial charge in [0.1, 0.15) is 18.1 Å². The number of hydrogen-bond donors (Lipinski definition) is 2. The number of para-hydroxylation sites is 2. The van der Waals surface area contributed by atoms with Crippen molar-refractivity contribution < 1.29 is 14.3 Å². The molecule has 28 heavy (non-hydrogen) atoms. The zero-order valence-corrected chi connectivity index (χ0v) is 16.6. The molecule has 0 fully saturated rings. The molecule has 0 saturated carbocycles. The number of benzene rings is 2. The number of carbonyl (C=O) groups excluding carboxylic acids is 1. The van der Waals surface area contributed by atoms with Crippen molar-refractivity contribution in [1.82, 2.24) is 10.2 Å². The van der Waals surface area contributed by atoms with Crippen LogP contribution in [-0.2, 0) is 13.0 Å². The largest absolute Gasteiger partial charge is 0.495 e. The fraction of sp³-hybridized carbons (Fsp3) is 0.250. The number of aromatic nitrogens is 2. The minimum absolute atomic E-state index is 0.292. The number of rotatable bonds is 8. The van der Waals surface area contributed by atoms with Gasteiger partial charge in [0.2, 0.25) is 5.13 Å². The lowest BCUT2D eigenvalue weighted by Crippen LogP contribution is -2.19. The van der Waals surface area contributed by atoms with Gasteiger partial charge in [-0.15, -0.1) is 10.2 Å². The van der Waals surface area contributed by atoms with E-state index in [1.54, 1.807) is 19.2 Å². The molecular weight excluding hydrogens is 376 g/mol. The number of methoxy groups -OCH3 is 1. The van der Waals surface area contributed by atoms with E-state index in [0.29, 0.717) is 28.2 Å². The number of nitrogens with one attached hydrogen (secondary N) is 2. The lowest BCUT2D eigenvalue weighted by molar-refractivity contribution is 0.262. The van der Waals surface area contributed by atoms with Gasteiger partial charge in [-0.1, -0.05) is 48.9 Å². The minimum atomic E-state index is -0.417. The van der Waals surface area contributed by atoms with Crippen molar-refractivity contribution in [2.45, 2.75) is 26.4 Å². The second kappa shape index (κ2) is 9.70. The fourth-order valence-electron chi connectivity index (χ4n) is 2.55. The Kier molecular flexibility index (Phi) is 6.80. The van der Waals surface area contributed by atoms with Crippen LogP contribution < -0.4 is 20.1 Å². The van der Waals surface area contributed by atoms with Crippen LogP contribution in [0.1, 0.15) is 23.9 Å². The van der Waals surface area contributed by atoms with Gasteiger partial charge >= 0.3 is 6.03 Å². The van der Waals surface area contributed by atoms with Gasteiger partial charge in [0, 0.05) is 0 Å². The van der Waals surface area contributed by atoms with Crippen LogP contribution in [0, 0.1) is 0 Å². The van der Waals surface area contributed by atoms with Gasteiger partial charge in [-0.3, -0.25) is 5.32 Å². The average Bonchev–Trinajstić information content (AvgIpc) is 3.15. The molecule has 0 saturated heterocycles. The van der Waals surface area contributed by atoms with Crippen molar-refractivity contribution in [3.8, 4) is 11.5 Å². The van der Waals surface area contributed by atoms with Crippen molar-refractivity contribution in [3.05, 3.63) is 59.1 Å². The first-order valence-corrected chi connectivity index (χ1v) is 9.74. The zero-order valence-electron chi connectivity index (χ0n) is 15.8. The topological polar surface area (TPSA) is 85.4 Å². The Morgan fingerprint density at radius 2 is 1.86 bits per heavy atom. The van der Waals surface area contributed by atoms with Crippen LogP contribution >= 0.6 is 11.3 Å². The summed E-state index contributed by atoms with van der Waals surface area (Å²) in [7, 11) is 1.55. The summed E-state index contributed by atoms with van der Waals surface area (Å²) in [5, 5.41) is 14.5. The predicted molar refractivity (Wildman–Crippen MR) is 110 cm³/mol. The van der Waals surface area contributed by atoms with Crippen molar-refractivity contribution in [3.63, 3.8) is 0 Å². The first-order chi connectivity index (χ1) is 13.7. The van der Waals surface area contributed by atoms with E-state index in [1.165, 1.54) is 16.9 Å². The third-order valence-electron chi connectivity index (χ3n) is 3.87. The van der Waals surface area contributed by atoms with Crippen LogP contribution in [0.25, 0.3) is 0 Å². The normalized spacial score (nSPS) is 10.4. The van der Waals surface area contributed by atoms with E-state index in [2.05, 4.69) is 39.9 Å². The molecule has 0 atom stereocenters. The molecule has 2 aromatic carbocycles. The first-order valence-electron chi connectivity index (χ1n) is 8.93. The van der Waals surface area contributed by atoms with Gasteiger partial charge in [0.25, 0.3) is 0 Å². The second-order valence-electron chi connectivity index (χ2n) is 5.96. The Bertz CT molecular complexity index is 912. The van der Waals surface area contributed by atoms with Crippen molar-refractivity contribution in [2.24, 2.45) is 0 Å². The first kappa shape index (κ1) is 19.6. The molecule has 8 heteroatoms. The molecule has 0 unspecified atom stereocenters. The second-order valence-corrected chi connectivity index (χ2v) is 7.03. The zero-order chi connectivity index (χ0) is 19.8. The van der Waals surface area contributed by atoms with E-state index in [1.807, 2.05) is 24.3 Å². The monoisotopic (exact) mass is 398 g/mol. The quantitative estimate of drug-likeness (QED) is 0.573. The van der Waals surface area contributed by atoms with Crippen molar-refractivity contribution in [2.75, 3.05) is 17.7 Å². The highest BCUT2D eigenvalue weighted by molar-refractivity contribution is 7.15. The standard InChI is InChI=1S/C20H22N4O3S/c1-3-6-14-9-11-15(12-10-14)27-13-18-23-24-20(28-18)22-19(25)21-16-7-4-5-8-17(16)26-2/h4-5,7-12H,3,6,13H2,1-2H3,(H2,21,22,24,25). The van der Waals surface area contributed by atoms with E-state index >= 15 is 0 Å². The Morgan fingerprint density at radius 3 is 2.61 bits per heavy atom. The summed E-state index contributed by atoms with van der Waals surface area (Å²) in [5.74, 6) is 1.35. The molecule has 7 nitrogen and oxygen atoms in total. The van der Waals surface area contributed by atoms with Crippen LogP contribution in [-0.4, -0.2) is 23.3 Å². The molecule has 3 aromatic rings. The molecule has 0 bridgehead atoms. The molecule has 146 valence electrons. The van der Waals surface area contributed by atoms with E-state index in [4.69, 9.17) is 9.47 Å². The molecular formula is C20H22N4O3S. The number of amides is 2. The van der Waals surface area contributed by atoms with Crippen LogP contribution in [0.3, 0.4) is 0 Å². The predicted octanol–water partition coefficient (Wildman–Crippen LogP) is 4.72. The molecule has 1 heterocycles. The average molecular weight is 398 g/mol. The Labute approximate surface area is 167 Å². The van der Waals surface area contributed by atoms with E-state index in [0.717, 1.165) is 18.6 Å². The number of carbonyl (C=O) groups is 1. The van der Waals surface area contributed by atoms with Crippen molar-refractivity contribution >= 4 is 28.2 Å². The lowest BCUT2D eigenvalue weighted by Gasteiger charge is -2.09. The molecule has 2 amide bonds. The Balaban J connectivity index is 1.51. The maximum Gasteiger partial charge on any atom is 0.325 e. The summed E-state index contributed by atoms with van der Waals surface area (Å²) in [5.41, 5.74) is 1.86. The molecule has 2 N–H and O–H groups in total. The van der Waals surface area contributed by atoms with Gasteiger partial charge in [-0.25, -0.2) is 4.79 Å². The maximum absolute atomic E-state index is 12.2. The molecule has 0 spiro atoms. The van der Waals surface area contributed by atoms with E-state index in [-0.39, 0.29) is 0 Å². The highest BCUT2D eigenvalue weighted by Crippen LogP contribution is 2.24. The number of anilines is 2. The van der Waals surface area contributed by atoms with Gasteiger partial charge in [0.15, 0.2) is 5.01 Å². The highest BCUT2D eigenvalue weighted by Gasteiger charge is 2.11. The molecule has 0 aliphatic heterocycles. The Hall–Kier alpha value is -3.13. The summed E-state index contributed by atoms with van der Waals surface area (Å²) >= 11 is 1.26. The molecule has 0 radical (unpaired) electrons. The van der Waals surface area contributed by atoms with Crippen LogP contribution in [0.15, 0.2) is 48.5 Å². The summed E-state index contributed by atoms with van der Waals surface area (Å²) in [4.78, 5) is 12.2. The number of hydrogen-bond acceptors (Lipinski definition) is 6. The minimum Gasteiger partial charge on any atom is -0.495 e. The SMILES string of the molecule is CCCc1ccc(OCc2nnc(NC(=O)Nc3ccccc3OC)s2)cc1. The van der Waals surface area contributed by atoms with Crippen molar-refractivity contribution in [1.29, 1.82) is 0 Å². The van der Waals surface area contributed by atoms with Gasteiger partial charge < -0.3 is 14.8 Å². The van der Waals surface area contributed by atoms with E-state index < -0.39 is 6.03 Å². The highest BCUT2D eigenvalue weighted by atomic mass is 32.1. The Morgan fingerprint density at radius 1 is 1.07 bits per heavy atom. The van der Waals surface area contributed by atoms with Crippen LogP contribution in [0.4, 0.5) is 15.6 Å². The number of nitrogens with zero attached hydrogens (tertiary/aromatic N) is 2. The fourth-order valence-corrected chi connectivity index (χ4v) is 3.20. The van der Waals surface area contributed by atoms with Gasteiger partial charge in [-0.05, 0) is 36.2 Å². The molecule has 3 rings (SSSR count). The summed E-state index contributed by atoms with van der Waals surface area (Å²) < 4.78 is 10.9. The molecule has 0 aliphatic carbocycles. The summed E-state index contributed by atoms with van der Waals surface area (Å²) in [6, 6.07) is 14.8. The molecule has 1 aromatic heterocycles. The van der Waals surface area contributed by atoms with Crippen LogP contribution in [0.5, 0.6) is 11.5 Å². The summed E-state index contributed by atoms with van der Waals surface area (Å²) in [6.45, 7) is 2.45.